The number of para-hydroxylation sites is 1. The van der Waals surface area contributed by atoms with Gasteiger partial charge in [0.05, 0.1) is 12.2 Å². The Morgan fingerprint density at radius 2 is 1.76 bits per heavy atom. The number of benzene rings is 3. The monoisotopic (exact) mass is 386 g/mol. The van der Waals surface area contributed by atoms with Crippen molar-refractivity contribution in [3.8, 4) is 5.75 Å². The SMILES string of the molecule is CCOc1ccc2ccccc2c1C(=O)NCCCn1c(C)cc2ccccc21. The Morgan fingerprint density at radius 3 is 2.59 bits per heavy atom. The quantitative estimate of drug-likeness (QED) is 0.437. The summed E-state index contributed by atoms with van der Waals surface area (Å²) in [4.78, 5) is 13.0. The van der Waals surface area contributed by atoms with Gasteiger partial charge >= 0.3 is 0 Å². The van der Waals surface area contributed by atoms with Crippen LogP contribution in [-0.4, -0.2) is 23.6 Å². The lowest BCUT2D eigenvalue weighted by molar-refractivity contribution is 0.0951. The minimum Gasteiger partial charge on any atom is -0.493 e. The van der Waals surface area contributed by atoms with E-state index in [1.807, 2.05) is 43.3 Å². The first kappa shape index (κ1) is 19.1. The molecule has 0 radical (unpaired) electrons. The van der Waals surface area contributed by atoms with Gasteiger partial charge in [0.25, 0.3) is 5.91 Å². The molecule has 0 spiro atoms. The Morgan fingerprint density at radius 1 is 1.00 bits per heavy atom. The molecule has 0 saturated heterocycles. The maximum Gasteiger partial charge on any atom is 0.255 e. The molecule has 0 saturated carbocycles. The Bertz CT molecular complexity index is 1160. The molecule has 0 aliphatic heterocycles. The number of aryl methyl sites for hydroxylation is 2. The van der Waals surface area contributed by atoms with Gasteiger partial charge in [-0.25, -0.2) is 0 Å². The van der Waals surface area contributed by atoms with E-state index in [2.05, 4.69) is 47.1 Å². The van der Waals surface area contributed by atoms with Crippen molar-refractivity contribution in [3.63, 3.8) is 0 Å². The molecule has 4 heteroatoms. The van der Waals surface area contributed by atoms with E-state index in [9.17, 15) is 4.79 Å². The van der Waals surface area contributed by atoms with Gasteiger partial charge in [0.2, 0.25) is 0 Å². The van der Waals surface area contributed by atoms with E-state index in [1.165, 1.54) is 16.6 Å². The van der Waals surface area contributed by atoms with Crippen LogP contribution in [0.25, 0.3) is 21.7 Å². The van der Waals surface area contributed by atoms with Crippen molar-refractivity contribution in [1.29, 1.82) is 0 Å². The second kappa shape index (κ2) is 8.39. The number of fused-ring (bicyclic) bond motifs is 2. The second-order valence-electron chi connectivity index (χ2n) is 7.20. The van der Waals surface area contributed by atoms with Crippen LogP contribution >= 0.6 is 0 Å². The van der Waals surface area contributed by atoms with E-state index < -0.39 is 0 Å². The highest BCUT2D eigenvalue weighted by Gasteiger charge is 2.16. The van der Waals surface area contributed by atoms with Gasteiger partial charge in [-0.1, -0.05) is 48.5 Å². The molecule has 4 rings (SSSR count). The molecule has 0 unspecified atom stereocenters. The molecule has 0 atom stereocenters. The Balaban J connectivity index is 1.47. The Labute approximate surface area is 171 Å². The van der Waals surface area contributed by atoms with Gasteiger partial charge in [-0.05, 0) is 54.6 Å². The molecule has 0 aliphatic rings. The molecule has 3 aromatic carbocycles. The predicted molar refractivity (Wildman–Crippen MR) is 119 cm³/mol. The van der Waals surface area contributed by atoms with Crippen molar-refractivity contribution in [2.45, 2.75) is 26.8 Å². The average Bonchev–Trinajstić information content (AvgIpc) is 3.06. The fraction of sp³-hybridized carbons (Fsp3) is 0.240. The van der Waals surface area contributed by atoms with Crippen LogP contribution in [0.4, 0.5) is 0 Å². The highest BCUT2D eigenvalue weighted by atomic mass is 16.5. The van der Waals surface area contributed by atoms with Crippen molar-refractivity contribution in [3.05, 3.63) is 78.0 Å². The van der Waals surface area contributed by atoms with E-state index >= 15 is 0 Å². The summed E-state index contributed by atoms with van der Waals surface area (Å²) < 4.78 is 8.04. The van der Waals surface area contributed by atoms with E-state index in [1.54, 1.807) is 0 Å². The van der Waals surface area contributed by atoms with Crippen LogP contribution in [0.3, 0.4) is 0 Å². The highest BCUT2D eigenvalue weighted by molar-refractivity contribution is 6.09. The first-order valence-corrected chi connectivity index (χ1v) is 10.2. The fourth-order valence-corrected chi connectivity index (χ4v) is 3.93. The number of nitrogens with zero attached hydrogens (tertiary/aromatic N) is 1. The zero-order chi connectivity index (χ0) is 20.2. The lowest BCUT2D eigenvalue weighted by atomic mass is 10.0. The maximum atomic E-state index is 13.0. The van der Waals surface area contributed by atoms with Crippen molar-refractivity contribution < 1.29 is 9.53 Å². The largest absolute Gasteiger partial charge is 0.493 e. The van der Waals surface area contributed by atoms with Gasteiger partial charge < -0.3 is 14.6 Å². The summed E-state index contributed by atoms with van der Waals surface area (Å²) in [6.07, 6.45) is 0.861. The smallest absolute Gasteiger partial charge is 0.255 e. The summed E-state index contributed by atoms with van der Waals surface area (Å²) in [5, 5.41) is 6.30. The van der Waals surface area contributed by atoms with Crippen LogP contribution in [0.1, 0.15) is 29.4 Å². The van der Waals surface area contributed by atoms with E-state index in [0.717, 1.165) is 23.7 Å². The summed E-state index contributed by atoms with van der Waals surface area (Å²) in [5.41, 5.74) is 3.10. The minimum atomic E-state index is -0.0839. The number of hydrogen-bond donors (Lipinski definition) is 1. The summed E-state index contributed by atoms with van der Waals surface area (Å²) in [6.45, 7) is 6.06. The third-order valence-electron chi connectivity index (χ3n) is 5.28. The molecule has 4 aromatic rings. The molecule has 0 aliphatic carbocycles. The molecule has 29 heavy (non-hydrogen) atoms. The van der Waals surface area contributed by atoms with Crippen LogP contribution in [0.2, 0.25) is 0 Å². The molecule has 1 amide bonds. The normalized spacial score (nSPS) is 11.1. The Kier molecular flexibility index (Phi) is 5.52. The third kappa shape index (κ3) is 3.83. The summed E-state index contributed by atoms with van der Waals surface area (Å²) >= 11 is 0. The molecular weight excluding hydrogens is 360 g/mol. The zero-order valence-corrected chi connectivity index (χ0v) is 16.9. The predicted octanol–water partition coefficient (Wildman–Crippen LogP) is 5.32. The number of carbonyl (C=O) groups is 1. The van der Waals surface area contributed by atoms with E-state index in [0.29, 0.717) is 24.5 Å². The first-order valence-electron chi connectivity index (χ1n) is 10.2. The lowest BCUT2D eigenvalue weighted by Crippen LogP contribution is -2.26. The number of aromatic nitrogens is 1. The summed E-state index contributed by atoms with van der Waals surface area (Å²) in [6, 6.07) is 22.4. The standard InChI is InChI=1S/C25H26N2O2/c1-3-29-23-14-13-19-9-4-6-11-21(19)24(23)25(28)26-15-8-16-27-18(2)17-20-10-5-7-12-22(20)27/h4-7,9-14,17H,3,8,15-16H2,1-2H3,(H,26,28). The van der Waals surface area contributed by atoms with E-state index in [4.69, 9.17) is 4.74 Å². The topological polar surface area (TPSA) is 43.3 Å². The van der Waals surface area contributed by atoms with Gasteiger partial charge in [0.15, 0.2) is 0 Å². The summed E-state index contributed by atoms with van der Waals surface area (Å²) in [5.74, 6) is 0.551. The average molecular weight is 386 g/mol. The van der Waals surface area contributed by atoms with Crippen LogP contribution in [0.15, 0.2) is 66.7 Å². The zero-order valence-electron chi connectivity index (χ0n) is 16.9. The van der Waals surface area contributed by atoms with Crippen molar-refractivity contribution in [1.82, 2.24) is 9.88 Å². The van der Waals surface area contributed by atoms with Crippen molar-refractivity contribution in [2.24, 2.45) is 0 Å². The molecule has 0 bridgehead atoms. The molecule has 4 nitrogen and oxygen atoms in total. The highest BCUT2D eigenvalue weighted by Crippen LogP contribution is 2.28. The Hall–Kier alpha value is -3.27. The van der Waals surface area contributed by atoms with Gasteiger partial charge in [-0.15, -0.1) is 0 Å². The number of ether oxygens (including phenoxy) is 1. The van der Waals surface area contributed by atoms with Crippen LogP contribution in [0.5, 0.6) is 5.75 Å². The number of nitrogens with one attached hydrogen (secondary N) is 1. The minimum absolute atomic E-state index is 0.0839. The van der Waals surface area contributed by atoms with Crippen molar-refractivity contribution in [2.75, 3.05) is 13.2 Å². The number of hydrogen-bond acceptors (Lipinski definition) is 2. The van der Waals surface area contributed by atoms with Gasteiger partial charge in [0, 0.05) is 24.3 Å². The first-order chi connectivity index (χ1) is 14.2. The van der Waals surface area contributed by atoms with Gasteiger partial charge in [-0.2, -0.15) is 0 Å². The maximum absolute atomic E-state index is 13.0. The molecular formula is C25H26N2O2. The van der Waals surface area contributed by atoms with Crippen molar-refractivity contribution >= 4 is 27.6 Å². The second-order valence-corrected chi connectivity index (χ2v) is 7.20. The van der Waals surface area contributed by atoms with Gasteiger partial charge in [-0.3, -0.25) is 4.79 Å². The van der Waals surface area contributed by atoms with E-state index in [-0.39, 0.29) is 5.91 Å². The number of carbonyl (C=O) groups excluding carboxylic acids is 1. The van der Waals surface area contributed by atoms with Crippen LogP contribution in [0, 0.1) is 6.92 Å². The molecule has 1 N–H and O–H groups in total. The van der Waals surface area contributed by atoms with Gasteiger partial charge in [0.1, 0.15) is 5.75 Å². The fourth-order valence-electron chi connectivity index (χ4n) is 3.93. The van der Waals surface area contributed by atoms with Crippen LogP contribution < -0.4 is 10.1 Å². The lowest BCUT2D eigenvalue weighted by Gasteiger charge is -2.14. The molecule has 148 valence electrons. The molecule has 1 heterocycles. The molecule has 1 aromatic heterocycles. The number of rotatable bonds is 7. The molecule has 0 fully saturated rings. The number of amides is 1. The summed E-state index contributed by atoms with van der Waals surface area (Å²) in [7, 11) is 0. The third-order valence-corrected chi connectivity index (χ3v) is 5.28. The van der Waals surface area contributed by atoms with Crippen LogP contribution in [-0.2, 0) is 6.54 Å².